The van der Waals surface area contributed by atoms with Gasteiger partial charge in [0.2, 0.25) is 16.3 Å². The van der Waals surface area contributed by atoms with Gasteiger partial charge < -0.3 is 25.0 Å². The minimum Gasteiger partial charge on any atom is -0.510 e. The first-order valence-electron chi connectivity index (χ1n) is 11.1. The molecule has 2 aromatic rings. The van der Waals surface area contributed by atoms with E-state index in [1.807, 2.05) is 22.6 Å². The fraction of sp³-hybridized carbons (Fsp3) is 0.154. The third-order valence-electron chi connectivity index (χ3n) is 7.50. The number of phenolic OH excluding ortho intramolecular Hbond substituents is 1. The van der Waals surface area contributed by atoms with Crippen LogP contribution in [0, 0.1) is 14.0 Å². The molecule has 0 bridgehead atoms. The number of aldehydes is 1. The number of benzene rings is 1. The highest BCUT2D eigenvalue weighted by molar-refractivity contribution is 14.1. The van der Waals surface area contributed by atoms with Crippen LogP contribution >= 0.6 is 22.6 Å². The number of carbonyl (C=O) groups excluding carboxylic acids is 1. The molecule has 1 heterocycles. The molecule has 190 valence electrons. The average molecular weight is 627 g/mol. The summed E-state index contributed by atoms with van der Waals surface area (Å²) in [6.07, 6.45) is 0.465. The number of carbonyl (C=O) groups is 1. The molecule has 0 saturated carbocycles. The van der Waals surface area contributed by atoms with E-state index < -0.39 is 76.6 Å². The predicted octanol–water partition coefficient (Wildman–Crippen LogP) is -1.07. The molecule has 0 saturated heterocycles. The van der Waals surface area contributed by atoms with Crippen molar-refractivity contribution in [3.63, 3.8) is 0 Å². The van der Waals surface area contributed by atoms with Crippen LogP contribution in [0.1, 0.15) is 28.0 Å². The zero-order valence-electron chi connectivity index (χ0n) is 19.2. The Morgan fingerprint density at radius 3 is 2.18 bits per heavy atom. The average Bonchev–Trinajstić information content (AvgIpc) is 3.40. The third-order valence-corrected chi connectivity index (χ3v) is 8.74. The molecule has 38 heavy (non-hydrogen) atoms. The maximum Gasteiger partial charge on any atom is 0.260 e. The highest BCUT2D eigenvalue weighted by Crippen LogP contribution is 2.55. The standard InChI is InChI=1S/C26H14INO10/c1-38-11-5-10(30)13-14(19(11)31)21(33)16-15(20(13)32)23(35)26(24(16)36)3-2-8-17(26)22(34)12-9(18(8)27)4-7(6-29)28-25(12)37/h4-6,34-36H,2-3H2,1H3,(H,28,37). The Hall–Kier alpha value is -4.33. The predicted molar refractivity (Wildman–Crippen MR) is 141 cm³/mol. The summed E-state index contributed by atoms with van der Waals surface area (Å²) in [4.78, 5) is 79.0. The van der Waals surface area contributed by atoms with Gasteiger partial charge in [-0.05, 0) is 47.1 Å². The lowest BCUT2D eigenvalue weighted by Crippen LogP contribution is -2.51. The molecule has 1 atom stereocenters. The third kappa shape index (κ3) is 2.57. The molecule has 0 fully saturated rings. The van der Waals surface area contributed by atoms with Gasteiger partial charge in [-0.15, -0.1) is 0 Å². The van der Waals surface area contributed by atoms with E-state index in [-0.39, 0.29) is 34.9 Å². The van der Waals surface area contributed by atoms with E-state index in [1.54, 1.807) is 0 Å². The molecule has 12 heteroatoms. The summed E-state index contributed by atoms with van der Waals surface area (Å²) in [5.41, 5.74) is -6.75. The van der Waals surface area contributed by atoms with E-state index in [9.17, 15) is 44.1 Å². The van der Waals surface area contributed by atoms with Crippen molar-refractivity contribution in [2.45, 2.75) is 18.3 Å². The van der Waals surface area contributed by atoms with Gasteiger partial charge in [-0.3, -0.25) is 28.8 Å². The summed E-state index contributed by atoms with van der Waals surface area (Å²) in [6.45, 7) is 0. The van der Waals surface area contributed by atoms with Gasteiger partial charge in [0.05, 0.1) is 39.1 Å². The summed E-state index contributed by atoms with van der Waals surface area (Å²) in [6, 6.07) is 2.15. The molecule has 6 rings (SSSR count). The van der Waals surface area contributed by atoms with Crippen LogP contribution in [-0.4, -0.2) is 33.7 Å². The molecule has 0 amide bonds. The number of aromatic nitrogens is 1. The van der Waals surface area contributed by atoms with Crippen molar-refractivity contribution in [3.8, 4) is 11.5 Å². The first kappa shape index (κ1) is 24.0. The Labute approximate surface area is 222 Å². The lowest BCUT2D eigenvalue weighted by Gasteiger charge is -2.27. The molecule has 0 aliphatic heterocycles. The van der Waals surface area contributed by atoms with E-state index in [0.29, 0.717) is 15.4 Å². The number of fused-ring (bicyclic) bond motifs is 4. The Balaban J connectivity index is 1.87. The van der Waals surface area contributed by atoms with Gasteiger partial charge in [0.15, 0.2) is 17.5 Å². The van der Waals surface area contributed by atoms with Crippen molar-refractivity contribution in [3.05, 3.63) is 105 Å². The number of aliphatic hydroxyl groups excluding tert-OH is 2. The van der Waals surface area contributed by atoms with Gasteiger partial charge in [0.1, 0.15) is 22.7 Å². The quantitative estimate of drug-likeness (QED) is 0.158. The summed E-state index contributed by atoms with van der Waals surface area (Å²) in [7, 11) is 1.11. The minimum absolute atomic E-state index is 0.0273. The van der Waals surface area contributed by atoms with E-state index in [1.165, 1.54) is 6.07 Å². The van der Waals surface area contributed by atoms with Crippen molar-refractivity contribution in [1.29, 1.82) is 0 Å². The maximum atomic E-state index is 13.5. The van der Waals surface area contributed by atoms with E-state index >= 15 is 0 Å². The SMILES string of the molecule is COc1cc(=O)c2c(=O)c3c(c(=O)c=2c1=O)=C(O)C1(CCc2c1c(O)c1c(=O)[nH]c(C=O)cc1c2I)C=3O. The van der Waals surface area contributed by atoms with Gasteiger partial charge in [-0.25, -0.2) is 0 Å². The Morgan fingerprint density at radius 2 is 1.58 bits per heavy atom. The van der Waals surface area contributed by atoms with Crippen LogP contribution in [0.15, 0.2) is 36.1 Å². The molecular formula is C26H14INO10. The van der Waals surface area contributed by atoms with Crippen LogP contribution in [0.3, 0.4) is 0 Å². The van der Waals surface area contributed by atoms with Gasteiger partial charge in [0.25, 0.3) is 5.56 Å². The van der Waals surface area contributed by atoms with Gasteiger partial charge in [-0.1, -0.05) is 0 Å². The molecule has 1 spiro atoms. The summed E-state index contributed by atoms with van der Waals surface area (Å²) in [5, 5.41) is 31.5. The van der Waals surface area contributed by atoms with E-state index in [4.69, 9.17) is 4.74 Å². The van der Waals surface area contributed by atoms with Crippen LogP contribution in [0.5, 0.6) is 11.5 Å². The highest BCUT2D eigenvalue weighted by Gasteiger charge is 2.53. The highest BCUT2D eigenvalue weighted by atomic mass is 127. The van der Waals surface area contributed by atoms with E-state index in [0.717, 1.165) is 13.2 Å². The van der Waals surface area contributed by atoms with Crippen molar-refractivity contribution in [1.82, 2.24) is 4.98 Å². The minimum atomic E-state index is -1.99. The Morgan fingerprint density at radius 1 is 0.947 bits per heavy atom. The largest absolute Gasteiger partial charge is 0.510 e. The van der Waals surface area contributed by atoms with Crippen LogP contribution < -0.4 is 42.4 Å². The van der Waals surface area contributed by atoms with Crippen molar-refractivity contribution < 1.29 is 24.9 Å². The molecule has 0 radical (unpaired) electrons. The number of aromatic amines is 1. The number of H-pyrrole nitrogens is 1. The molecule has 4 aliphatic rings. The lowest BCUT2D eigenvalue weighted by atomic mass is 9.78. The molecule has 1 aromatic heterocycles. The van der Waals surface area contributed by atoms with Crippen LogP contribution in [0.25, 0.3) is 22.3 Å². The number of hydrogen-bond donors (Lipinski definition) is 4. The summed E-state index contributed by atoms with van der Waals surface area (Å²) < 4.78 is 5.32. The Kier molecular flexibility index (Phi) is 4.81. The van der Waals surface area contributed by atoms with Gasteiger partial charge in [-0.2, -0.15) is 0 Å². The van der Waals surface area contributed by atoms with Crippen molar-refractivity contribution >= 4 is 51.2 Å². The van der Waals surface area contributed by atoms with Crippen LogP contribution in [-0.2, 0) is 11.8 Å². The molecule has 11 nitrogen and oxygen atoms in total. The molecule has 4 N–H and O–H groups in total. The zero-order chi connectivity index (χ0) is 27.4. The fourth-order valence-electron chi connectivity index (χ4n) is 5.88. The zero-order valence-corrected chi connectivity index (χ0v) is 21.4. The number of nitrogens with one attached hydrogen (secondary N) is 1. The number of hydrogen-bond acceptors (Lipinski definition) is 10. The topological polar surface area (TPSA) is 188 Å². The first-order chi connectivity index (χ1) is 18.0. The normalized spacial score (nSPS) is 17.9. The van der Waals surface area contributed by atoms with Crippen molar-refractivity contribution in [2.75, 3.05) is 7.11 Å². The fourth-order valence-corrected chi connectivity index (χ4v) is 6.84. The number of ether oxygens (including phenoxy) is 1. The van der Waals surface area contributed by atoms with Crippen molar-refractivity contribution in [2.24, 2.45) is 0 Å². The summed E-state index contributed by atoms with van der Waals surface area (Å²) >= 11 is 1.92. The number of aromatic hydroxyl groups is 1. The van der Waals surface area contributed by atoms with Gasteiger partial charge in [0, 0.05) is 20.6 Å². The van der Waals surface area contributed by atoms with E-state index in [2.05, 4.69) is 4.98 Å². The Bertz CT molecular complexity index is 2300. The second-order valence-electron chi connectivity index (χ2n) is 9.14. The molecule has 4 aliphatic carbocycles. The number of halogens is 1. The lowest BCUT2D eigenvalue weighted by molar-refractivity contribution is 0.111. The smallest absolute Gasteiger partial charge is 0.260 e. The number of aliphatic hydroxyl groups is 2. The summed E-state index contributed by atoms with van der Waals surface area (Å²) in [5.74, 6) is -2.63. The number of rotatable bonds is 2. The second-order valence-corrected chi connectivity index (χ2v) is 10.2. The van der Waals surface area contributed by atoms with Gasteiger partial charge >= 0.3 is 0 Å². The van der Waals surface area contributed by atoms with Crippen LogP contribution in [0.4, 0.5) is 0 Å². The van der Waals surface area contributed by atoms with Crippen LogP contribution in [0.2, 0.25) is 0 Å². The number of pyridine rings is 1. The molecule has 1 aromatic carbocycles. The monoisotopic (exact) mass is 627 g/mol. The first-order valence-corrected chi connectivity index (χ1v) is 12.2. The number of phenols is 1. The maximum absolute atomic E-state index is 13.5. The molecular weight excluding hydrogens is 613 g/mol. The second kappa shape index (κ2) is 7.60. The number of methoxy groups -OCH3 is 1. The molecule has 1 unspecified atom stereocenters.